The van der Waals surface area contributed by atoms with Gasteiger partial charge >= 0.3 is 0 Å². The summed E-state index contributed by atoms with van der Waals surface area (Å²) in [5.41, 5.74) is 0.284. The monoisotopic (exact) mass is 211 g/mol. The smallest absolute Gasteiger partial charge is 0.0892 e. The van der Waals surface area contributed by atoms with Gasteiger partial charge in [0.05, 0.1) is 19.1 Å². The summed E-state index contributed by atoms with van der Waals surface area (Å²) in [4.78, 5) is 10.5. The van der Waals surface area contributed by atoms with E-state index in [0.717, 1.165) is 32.5 Å². The molecule has 0 aliphatic heterocycles. The Bertz CT molecular complexity index is 213. The molecule has 0 aromatic carbocycles. The molecule has 0 atom stereocenters. The van der Waals surface area contributed by atoms with Crippen LogP contribution in [-0.4, -0.2) is 44.6 Å². The maximum atomic E-state index is 4.20. The lowest BCUT2D eigenvalue weighted by atomic mass is 9.91. The molecule has 15 heavy (non-hydrogen) atoms. The number of aliphatic imine (C=N–C) groups is 2. The van der Waals surface area contributed by atoms with Gasteiger partial charge in [-0.25, -0.2) is 9.98 Å². The Balaban J connectivity index is 3.64. The molecule has 0 aliphatic carbocycles. The highest BCUT2D eigenvalue weighted by molar-refractivity contribution is 5.41. The van der Waals surface area contributed by atoms with Crippen LogP contribution in [0.1, 0.15) is 33.6 Å². The van der Waals surface area contributed by atoms with Crippen LogP contribution in [0.2, 0.25) is 0 Å². The molecule has 0 rings (SSSR count). The Morgan fingerprint density at radius 2 is 1.87 bits per heavy atom. The molecule has 0 aliphatic rings. The van der Waals surface area contributed by atoms with E-state index in [1.54, 1.807) is 0 Å². The summed E-state index contributed by atoms with van der Waals surface area (Å²) in [6.45, 7) is 9.33. The van der Waals surface area contributed by atoms with Crippen LogP contribution in [0, 0.1) is 5.41 Å². The zero-order chi connectivity index (χ0) is 11.7. The molecule has 0 spiro atoms. The summed E-state index contributed by atoms with van der Waals surface area (Å²) >= 11 is 0. The lowest BCUT2D eigenvalue weighted by Crippen LogP contribution is -2.13. The van der Waals surface area contributed by atoms with E-state index in [1.165, 1.54) is 0 Å². The van der Waals surface area contributed by atoms with Gasteiger partial charge in [-0.2, -0.15) is 0 Å². The first-order valence-corrected chi connectivity index (χ1v) is 5.70. The average Bonchev–Trinajstić information content (AvgIpc) is 2.16. The highest BCUT2D eigenvalue weighted by atomic mass is 15.0. The maximum absolute atomic E-state index is 4.20. The van der Waals surface area contributed by atoms with E-state index in [2.05, 4.69) is 55.8 Å². The molecule has 0 aromatic heterocycles. The molecule has 0 unspecified atom stereocenters. The number of rotatable bonds is 7. The average molecular weight is 211 g/mol. The molecular weight excluding hydrogens is 186 g/mol. The van der Waals surface area contributed by atoms with Gasteiger partial charge < -0.3 is 4.90 Å². The van der Waals surface area contributed by atoms with Crippen molar-refractivity contribution in [3.63, 3.8) is 0 Å². The molecule has 0 amide bonds. The van der Waals surface area contributed by atoms with Gasteiger partial charge in [0.25, 0.3) is 0 Å². The van der Waals surface area contributed by atoms with Gasteiger partial charge in [0, 0.05) is 0 Å². The zero-order valence-electron chi connectivity index (χ0n) is 10.9. The molecule has 3 nitrogen and oxygen atoms in total. The number of hydrogen-bond donors (Lipinski definition) is 0. The second-order valence-corrected chi connectivity index (χ2v) is 4.97. The van der Waals surface area contributed by atoms with Gasteiger partial charge in [-0.3, -0.25) is 0 Å². The summed E-state index contributed by atoms with van der Waals surface area (Å²) in [7, 11) is 4.14. The summed E-state index contributed by atoms with van der Waals surface area (Å²) in [5, 5.41) is 0. The fourth-order valence-electron chi connectivity index (χ4n) is 0.927. The predicted molar refractivity (Wildman–Crippen MR) is 66.8 cm³/mol. The number of hydrogen-bond acceptors (Lipinski definition) is 3. The number of nitrogens with zero attached hydrogens (tertiary/aromatic N) is 3. The second-order valence-electron chi connectivity index (χ2n) is 4.97. The van der Waals surface area contributed by atoms with Crippen molar-refractivity contribution in [1.82, 2.24) is 4.90 Å². The highest BCUT2D eigenvalue weighted by Crippen LogP contribution is 2.18. The minimum absolute atomic E-state index is 0.284. The summed E-state index contributed by atoms with van der Waals surface area (Å²) in [6.07, 6.45) is 2.21. The Hall–Kier alpha value is -0.660. The van der Waals surface area contributed by atoms with Crippen molar-refractivity contribution in [2.45, 2.75) is 33.6 Å². The van der Waals surface area contributed by atoms with E-state index in [1.807, 2.05) is 0 Å². The zero-order valence-corrected chi connectivity index (χ0v) is 10.9. The minimum Gasteiger partial charge on any atom is -0.309 e. The van der Waals surface area contributed by atoms with Gasteiger partial charge in [0.2, 0.25) is 0 Å². The second kappa shape index (κ2) is 7.61. The van der Waals surface area contributed by atoms with Crippen molar-refractivity contribution in [2.24, 2.45) is 15.4 Å². The van der Waals surface area contributed by atoms with Crippen LogP contribution in [0.25, 0.3) is 0 Å². The molecule has 0 bridgehead atoms. The highest BCUT2D eigenvalue weighted by Gasteiger charge is 2.12. The SMILES string of the molecule is CCC(C)(C)CN=C=NCCCN(C)C. The Labute approximate surface area is 94.3 Å². The van der Waals surface area contributed by atoms with Crippen LogP contribution >= 0.6 is 0 Å². The van der Waals surface area contributed by atoms with E-state index < -0.39 is 0 Å². The van der Waals surface area contributed by atoms with Crippen LogP contribution < -0.4 is 0 Å². The van der Waals surface area contributed by atoms with E-state index in [-0.39, 0.29) is 5.41 Å². The Morgan fingerprint density at radius 3 is 2.40 bits per heavy atom. The van der Waals surface area contributed by atoms with Crippen molar-refractivity contribution in [3.05, 3.63) is 0 Å². The van der Waals surface area contributed by atoms with Gasteiger partial charge in [-0.05, 0) is 38.9 Å². The third-order valence-corrected chi connectivity index (χ3v) is 2.48. The van der Waals surface area contributed by atoms with Crippen molar-refractivity contribution in [3.8, 4) is 0 Å². The van der Waals surface area contributed by atoms with Crippen LogP contribution in [0.15, 0.2) is 9.98 Å². The first-order chi connectivity index (χ1) is 6.98. The fraction of sp³-hybridized carbons (Fsp3) is 0.917. The standard InChI is InChI=1S/C12H25N3/c1-6-12(2,3)10-14-11-13-8-7-9-15(4)5/h6-10H2,1-5H3. The van der Waals surface area contributed by atoms with Crippen LogP contribution in [0.5, 0.6) is 0 Å². The molecule has 3 heteroatoms. The molecule has 0 heterocycles. The topological polar surface area (TPSA) is 28.0 Å². The molecular formula is C12H25N3. The molecule has 0 aromatic rings. The first-order valence-electron chi connectivity index (χ1n) is 5.70. The van der Waals surface area contributed by atoms with Crippen molar-refractivity contribution in [1.29, 1.82) is 0 Å². The van der Waals surface area contributed by atoms with Gasteiger partial charge in [-0.1, -0.05) is 20.8 Å². The Morgan fingerprint density at radius 1 is 1.20 bits per heavy atom. The van der Waals surface area contributed by atoms with Crippen LogP contribution in [-0.2, 0) is 0 Å². The van der Waals surface area contributed by atoms with E-state index in [4.69, 9.17) is 0 Å². The van der Waals surface area contributed by atoms with Gasteiger partial charge in [-0.15, -0.1) is 0 Å². The molecule has 0 N–H and O–H groups in total. The fourth-order valence-corrected chi connectivity index (χ4v) is 0.927. The molecule has 0 saturated carbocycles. The van der Waals surface area contributed by atoms with E-state index in [9.17, 15) is 0 Å². The van der Waals surface area contributed by atoms with Gasteiger partial charge in [0.1, 0.15) is 0 Å². The van der Waals surface area contributed by atoms with Crippen molar-refractivity contribution >= 4 is 6.01 Å². The van der Waals surface area contributed by atoms with Crippen molar-refractivity contribution < 1.29 is 0 Å². The molecule has 88 valence electrons. The van der Waals surface area contributed by atoms with E-state index >= 15 is 0 Å². The predicted octanol–water partition coefficient (Wildman–Crippen LogP) is 2.55. The summed E-state index contributed by atoms with van der Waals surface area (Å²) in [5.74, 6) is 0. The molecule has 0 saturated heterocycles. The lowest BCUT2D eigenvalue weighted by molar-refractivity contribution is 0.366. The third-order valence-electron chi connectivity index (χ3n) is 2.48. The lowest BCUT2D eigenvalue weighted by Gasteiger charge is -2.17. The van der Waals surface area contributed by atoms with Crippen molar-refractivity contribution in [2.75, 3.05) is 33.7 Å². The maximum Gasteiger partial charge on any atom is 0.0892 e. The third kappa shape index (κ3) is 9.64. The van der Waals surface area contributed by atoms with Gasteiger partial charge in [0.15, 0.2) is 0 Å². The van der Waals surface area contributed by atoms with Crippen LogP contribution in [0.4, 0.5) is 0 Å². The van der Waals surface area contributed by atoms with Crippen LogP contribution in [0.3, 0.4) is 0 Å². The minimum atomic E-state index is 0.284. The normalized spacial score (nSPS) is 11.3. The quantitative estimate of drug-likeness (QED) is 0.470. The largest absolute Gasteiger partial charge is 0.309 e. The Kier molecular flexibility index (Phi) is 7.27. The molecule has 0 radical (unpaired) electrons. The first kappa shape index (κ1) is 14.3. The molecule has 0 fully saturated rings. The van der Waals surface area contributed by atoms with E-state index in [0.29, 0.717) is 0 Å². The summed E-state index contributed by atoms with van der Waals surface area (Å²) < 4.78 is 0. The summed E-state index contributed by atoms with van der Waals surface area (Å²) in [6, 6.07) is 2.78.